The van der Waals surface area contributed by atoms with Gasteiger partial charge in [0.1, 0.15) is 18.1 Å². The molecule has 0 fully saturated rings. The molecule has 1 aromatic heterocycles. The molecule has 1 aliphatic heterocycles. The minimum atomic E-state index is -4.87. The number of rotatable bonds is 2. The van der Waals surface area contributed by atoms with Crippen molar-refractivity contribution in [1.29, 1.82) is 0 Å². The molecular formula is C19H14F3N5O3. The summed E-state index contributed by atoms with van der Waals surface area (Å²) < 4.78 is 42.0. The molecular weight excluding hydrogens is 403 g/mol. The number of anilines is 2. The summed E-state index contributed by atoms with van der Waals surface area (Å²) in [5, 5.41) is 10.1. The highest BCUT2D eigenvalue weighted by molar-refractivity contribution is 6.04. The third kappa shape index (κ3) is 3.49. The van der Waals surface area contributed by atoms with Crippen LogP contribution in [0.15, 0.2) is 53.3 Å². The van der Waals surface area contributed by atoms with Gasteiger partial charge in [0.25, 0.3) is 5.56 Å². The fourth-order valence-corrected chi connectivity index (χ4v) is 3.33. The number of para-hydroxylation sites is 2. The van der Waals surface area contributed by atoms with Crippen molar-refractivity contribution in [3.05, 3.63) is 58.9 Å². The Morgan fingerprint density at radius 2 is 1.80 bits per heavy atom. The van der Waals surface area contributed by atoms with Crippen LogP contribution in [0, 0.1) is 0 Å². The maximum atomic E-state index is 13.8. The Balaban J connectivity index is 1.78. The predicted molar refractivity (Wildman–Crippen MR) is 101 cm³/mol. The van der Waals surface area contributed by atoms with Crippen LogP contribution in [-0.4, -0.2) is 39.0 Å². The van der Waals surface area contributed by atoms with Crippen LogP contribution in [0.25, 0.3) is 10.9 Å². The van der Waals surface area contributed by atoms with Crippen LogP contribution in [0.3, 0.4) is 0 Å². The summed E-state index contributed by atoms with van der Waals surface area (Å²) >= 11 is 0. The third-order valence-electron chi connectivity index (χ3n) is 4.69. The van der Waals surface area contributed by atoms with Gasteiger partial charge in [-0.1, -0.05) is 29.5 Å². The largest absolute Gasteiger partial charge is 0.409 e. The SMILES string of the molecule is O=C1CC(C(F)(F)F)N(C(=O)Cn2nnc3ccccc3c2=O)c2ccccc2N1. The Morgan fingerprint density at radius 1 is 1.10 bits per heavy atom. The molecule has 0 aliphatic carbocycles. The minimum absolute atomic E-state index is 0.0690. The Kier molecular flexibility index (Phi) is 4.72. The zero-order chi connectivity index (χ0) is 21.5. The van der Waals surface area contributed by atoms with Crippen LogP contribution in [0.1, 0.15) is 6.42 Å². The Morgan fingerprint density at radius 3 is 2.57 bits per heavy atom. The molecule has 2 amide bonds. The van der Waals surface area contributed by atoms with Crippen LogP contribution < -0.4 is 15.8 Å². The highest BCUT2D eigenvalue weighted by Gasteiger charge is 2.49. The number of nitrogens with zero attached hydrogens (tertiary/aromatic N) is 4. The number of carbonyl (C=O) groups excluding carboxylic acids is 2. The number of fused-ring (bicyclic) bond motifs is 2. The second-order valence-corrected chi connectivity index (χ2v) is 6.66. The lowest BCUT2D eigenvalue weighted by Gasteiger charge is -2.31. The van der Waals surface area contributed by atoms with E-state index in [4.69, 9.17) is 0 Å². The first-order valence-corrected chi connectivity index (χ1v) is 8.86. The van der Waals surface area contributed by atoms with E-state index in [9.17, 15) is 27.6 Å². The van der Waals surface area contributed by atoms with Crippen molar-refractivity contribution in [3.8, 4) is 0 Å². The average molecular weight is 417 g/mol. The summed E-state index contributed by atoms with van der Waals surface area (Å²) in [5.74, 6) is -1.92. The van der Waals surface area contributed by atoms with E-state index in [0.29, 0.717) is 15.1 Å². The van der Waals surface area contributed by atoms with Crippen LogP contribution in [-0.2, 0) is 16.1 Å². The van der Waals surface area contributed by atoms with E-state index in [2.05, 4.69) is 15.6 Å². The highest BCUT2D eigenvalue weighted by Crippen LogP contribution is 2.37. The van der Waals surface area contributed by atoms with E-state index in [-0.39, 0.29) is 16.8 Å². The summed E-state index contributed by atoms with van der Waals surface area (Å²) in [5.41, 5.74) is -0.402. The second-order valence-electron chi connectivity index (χ2n) is 6.66. The van der Waals surface area contributed by atoms with Crippen LogP contribution in [0.4, 0.5) is 24.5 Å². The van der Waals surface area contributed by atoms with Crippen molar-refractivity contribution in [1.82, 2.24) is 15.0 Å². The molecule has 0 radical (unpaired) electrons. The molecule has 0 spiro atoms. The molecule has 11 heteroatoms. The molecule has 8 nitrogen and oxygen atoms in total. The van der Waals surface area contributed by atoms with E-state index in [1.807, 2.05) is 0 Å². The zero-order valence-corrected chi connectivity index (χ0v) is 15.3. The summed E-state index contributed by atoms with van der Waals surface area (Å²) in [6.45, 7) is -0.772. The monoisotopic (exact) mass is 417 g/mol. The lowest BCUT2D eigenvalue weighted by atomic mass is 10.1. The number of nitrogens with one attached hydrogen (secondary N) is 1. The Bertz CT molecular complexity index is 1210. The molecule has 2 heterocycles. The summed E-state index contributed by atoms with van der Waals surface area (Å²) in [6, 6.07) is 9.56. The molecule has 0 saturated heterocycles. The normalized spacial score (nSPS) is 16.7. The Hall–Kier alpha value is -3.76. The van der Waals surface area contributed by atoms with E-state index in [0.717, 1.165) is 0 Å². The summed E-state index contributed by atoms with van der Waals surface area (Å²) in [7, 11) is 0. The first kappa shape index (κ1) is 19.6. The van der Waals surface area contributed by atoms with E-state index >= 15 is 0 Å². The van der Waals surface area contributed by atoms with Gasteiger partial charge in [0.05, 0.1) is 23.2 Å². The smallest absolute Gasteiger partial charge is 0.324 e. The number of benzene rings is 2. The lowest BCUT2D eigenvalue weighted by Crippen LogP contribution is -2.51. The molecule has 1 atom stereocenters. The third-order valence-corrected chi connectivity index (χ3v) is 4.69. The van der Waals surface area contributed by atoms with E-state index in [1.54, 1.807) is 18.2 Å². The molecule has 4 rings (SSSR count). The highest BCUT2D eigenvalue weighted by atomic mass is 19.4. The van der Waals surface area contributed by atoms with Crippen molar-refractivity contribution in [3.63, 3.8) is 0 Å². The first-order valence-electron chi connectivity index (χ1n) is 8.86. The van der Waals surface area contributed by atoms with Crippen molar-refractivity contribution >= 4 is 34.1 Å². The van der Waals surface area contributed by atoms with Gasteiger partial charge in [0.15, 0.2) is 0 Å². The average Bonchev–Trinajstić information content (AvgIpc) is 2.86. The molecule has 30 heavy (non-hydrogen) atoms. The first-order chi connectivity index (χ1) is 14.3. The van der Waals surface area contributed by atoms with Crippen LogP contribution in [0.5, 0.6) is 0 Å². The summed E-state index contributed by atoms with van der Waals surface area (Å²) in [6.07, 6.45) is -5.84. The molecule has 1 N–H and O–H groups in total. The maximum absolute atomic E-state index is 13.8. The topological polar surface area (TPSA) is 97.2 Å². The fourth-order valence-electron chi connectivity index (χ4n) is 3.33. The molecule has 2 aromatic carbocycles. The quantitative estimate of drug-likeness (QED) is 0.689. The molecule has 0 saturated carbocycles. The van der Waals surface area contributed by atoms with E-state index in [1.165, 1.54) is 30.3 Å². The molecule has 1 unspecified atom stereocenters. The van der Waals surface area contributed by atoms with Crippen molar-refractivity contribution in [2.45, 2.75) is 25.2 Å². The van der Waals surface area contributed by atoms with Gasteiger partial charge in [-0.25, -0.2) is 4.68 Å². The van der Waals surface area contributed by atoms with Gasteiger partial charge < -0.3 is 5.32 Å². The van der Waals surface area contributed by atoms with Crippen molar-refractivity contribution < 1.29 is 22.8 Å². The zero-order valence-electron chi connectivity index (χ0n) is 15.3. The van der Waals surface area contributed by atoms with Gasteiger partial charge in [-0.15, -0.1) is 5.10 Å². The number of halogens is 3. The second kappa shape index (κ2) is 7.25. The number of carbonyl (C=O) groups is 2. The van der Waals surface area contributed by atoms with Gasteiger partial charge in [-0.05, 0) is 24.3 Å². The van der Waals surface area contributed by atoms with Gasteiger partial charge in [0, 0.05) is 0 Å². The summed E-state index contributed by atoms with van der Waals surface area (Å²) in [4.78, 5) is 38.1. The molecule has 0 bridgehead atoms. The van der Waals surface area contributed by atoms with Crippen LogP contribution >= 0.6 is 0 Å². The van der Waals surface area contributed by atoms with Gasteiger partial charge in [-0.3, -0.25) is 19.3 Å². The minimum Gasteiger partial charge on any atom is -0.324 e. The predicted octanol–water partition coefficient (Wildman–Crippen LogP) is 2.10. The van der Waals surface area contributed by atoms with Gasteiger partial charge >= 0.3 is 6.18 Å². The lowest BCUT2D eigenvalue weighted by molar-refractivity contribution is -0.158. The number of hydrogen-bond donors (Lipinski definition) is 1. The Labute approximate surface area is 166 Å². The van der Waals surface area contributed by atoms with Gasteiger partial charge in [0.2, 0.25) is 11.8 Å². The van der Waals surface area contributed by atoms with E-state index < -0.39 is 42.6 Å². The number of hydrogen-bond acceptors (Lipinski definition) is 5. The fraction of sp³-hybridized carbons (Fsp3) is 0.211. The molecule has 1 aliphatic rings. The molecule has 3 aromatic rings. The van der Waals surface area contributed by atoms with Crippen molar-refractivity contribution in [2.24, 2.45) is 0 Å². The van der Waals surface area contributed by atoms with Crippen molar-refractivity contribution in [2.75, 3.05) is 10.2 Å². The van der Waals surface area contributed by atoms with Gasteiger partial charge in [-0.2, -0.15) is 13.2 Å². The maximum Gasteiger partial charge on any atom is 0.409 e. The number of alkyl halides is 3. The number of aromatic nitrogens is 3. The molecule has 154 valence electrons. The number of amides is 2. The van der Waals surface area contributed by atoms with Crippen LogP contribution in [0.2, 0.25) is 0 Å². The standard InChI is InChI=1S/C19H14F3N5O3/c20-19(21,22)15-9-16(28)23-13-7-3-4-8-14(13)27(15)17(29)10-26-18(30)11-5-1-2-6-12(11)24-25-26/h1-8,15H,9-10H2,(H,23,28).